The van der Waals surface area contributed by atoms with Crippen molar-refractivity contribution in [1.29, 1.82) is 0 Å². The van der Waals surface area contributed by atoms with E-state index in [4.69, 9.17) is 9.47 Å². The van der Waals surface area contributed by atoms with Crippen LogP contribution < -0.4 is 5.32 Å². The number of aliphatic hydroxyl groups is 7. The first-order valence-electron chi connectivity index (χ1n) is 29.6. The van der Waals surface area contributed by atoms with E-state index in [1.807, 2.05) is 0 Å². The van der Waals surface area contributed by atoms with Gasteiger partial charge in [-0.2, -0.15) is 0 Å². The lowest BCUT2D eigenvalue weighted by molar-refractivity contribution is -0.303. The van der Waals surface area contributed by atoms with E-state index in [-0.39, 0.29) is 6.42 Å². The number of hydrogen-bond acceptors (Lipinski definition) is 10. The van der Waals surface area contributed by atoms with Crippen LogP contribution in [-0.4, -0.2) is 110 Å². The van der Waals surface area contributed by atoms with Crippen LogP contribution in [0.5, 0.6) is 0 Å². The SMILES string of the molecule is CCCCCCCCCCCCCCCC/C=C\CCCCCCCCCCCCCCCCCCC(O)C(=O)NC(COC1OC(CO)C(O)C(O)C1O)C(O)C(O)CCCCCCCCCC. The fourth-order valence-corrected chi connectivity index (χ4v) is 9.73. The molecule has 9 atom stereocenters. The molecular weight excluding hydrogens is 871 g/mol. The topological polar surface area (TPSA) is 189 Å². The normalized spacial score (nSPS) is 20.4. The second-order valence-electron chi connectivity index (χ2n) is 21.1. The first-order valence-corrected chi connectivity index (χ1v) is 29.6. The average molecular weight is 985 g/mol. The van der Waals surface area contributed by atoms with Crippen molar-refractivity contribution in [3.8, 4) is 0 Å². The van der Waals surface area contributed by atoms with Crippen molar-refractivity contribution in [3.05, 3.63) is 12.2 Å². The maximum absolute atomic E-state index is 13.1. The lowest BCUT2D eigenvalue weighted by Gasteiger charge is -2.40. The summed E-state index contributed by atoms with van der Waals surface area (Å²) in [4.78, 5) is 13.1. The fraction of sp³-hybridized carbons (Fsp3) is 0.948. The maximum Gasteiger partial charge on any atom is 0.249 e. The van der Waals surface area contributed by atoms with Gasteiger partial charge in [0, 0.05) is 0 Å². The Balaban J connectivity index is 2.10. The summed E-state index contributed by atoms with van der Waals surface area (Å²) >= 11 is 0. The highest BCUT2D eigenvalue weighted by Crippen LogP contribution is 2.23. The summed E-state index contributed by atoms with van der Waals surface area (Å²) in [5.74, 6) is -0.695. The van der Waals surface area contributed by atoms with Crippen molar-refractivity contribution >= 4 is 5.91 Å². The van der Waals surface area contributed by atoms with Gasteiger partial charge in [0.15, 0.2) is 6.29 Å². The zero-order valence-electron chi connectivity index (χ0n) is 44.8. The molecule has 69 heavy (non-hydrogen) atoms. The highest BCUT2D eigenvalue weighted by Gasteiger charge is 2.44. The molecule has 0 aromatic rings. The Labute approximate surface area is 423 Å². The van der Waals surface area contributed by atoms with Crippen LogP contribution in [0.4, 0.5) is 0 Å². The van der Waals surface area contributed by atoms with E-state index in [1.165, 1.54) is 205 Å². The van der Waals surface area contributed by atoms with E-state index in [9.17, 15) is 40.5 Å². The van der Waals surface area contributed by atoms with Gasteiger partial charge < -0.3 is 50.5 Å². The highest BCUT2D eigenvalue weighted by molar-refractivity contribution is 5.80. The third kappa shape index (κ3) is 36.4. The van der Waals surface area contributed by atoms with Crippen LogP contribution in [0.25, 0.3) is 0 Å². The van der Waals surface area contributed by atoms with Crippen molar-refractivity contribution in [2.45, 2.75) is 339 Å². The molecule has 11 nitrogen and oxygen atoms in total. The largest absolute Gasteiger partial charge is 0.394 e. The zero-order chi connectivity index (χ0) is 50.4. The lowest BCUT2D eigenvalue weighted by Crippen LogP contribution is -2.60. The summed E-state index contributed by atoms with van der Waals surface area (Å²) in [6.45, 7) is 3.43. The number of unbranched alkanes of at least 4 members (excludes halogenated alkanes) is 37. The van der Waals surface area contributed by atoms with Crippen molar-refractivity contribution in [2.75, 3.05) is 13.2 Å². The quantitative estimate of drug-likeness (QED) is 0.0215. The predicted octanol–water partition coefficient (Wildman–Crippen LogP) is 12.4. The summed E-state index contributed by atoms with van der Waals surface area (Å²) in [7, 11) is 0. The van der Waals surface area contributed by atoms with E-state index in [1.54, 1.807) is 0 Å². The van der Waals surface area contributed by atoms with E-state index in [0.717, 1.165) is 38.5 Å². The first-order chi connectivity index (χ1) is 33.7. The molecule has 410 valence electrons. The number of carbonyl (C=O) groups is 1. The Hall–Kier alpha value is -1.15. The molecule has 1 rings (SSSR count). The Kier molecular flexibility index (Phi) is 45.7. The number of nitrogens with one attached hydrogen (secondary N) is 1. The number of amides is 1. The molecule has 0 bridgehead atoms. The molecule has 0 aliphatic carbocycles. The van der Waals surface area contributed by atoms with Crippen molar-refractivity contribution in [2.24, 2.45) is 0 Å². The third-order valence-corrected chi connectivity index (χ3v) is 14.6. The van der Waals surface area contributed by atoms with Gasteiger partial charge in [-0.05, 0) is 38.5 Å². The Morgan fingerprint density at radius 3 is 1.22 bits per heavy atom. The van der Waals surface area contributed by atoms with Gasteiger partial charge in [0.05, 0.1) is 25.4 Å². The van der Waals surface area contributed by atoms with Gasteiger partial charge in [-0.25, -0.2) is 0 Å². The number of carbonyl (C=O) groups excluding carboxylic acids is 1. The van der Waals surface area contributed by atoms with Gasteiger partial charge in [0.25, 0.3) is 0 Å². The molecule has 0 aromatic heterocycles. The average Bonchev–Trinajstić information content (AvgIpc) is 3.35. The summed E-state index contributed by atoms with van der Waals surface area (Å²) in [5, 5.41) is 75.7. The number of ether oxygens (including phenoxy) is 2. The second kappa shape index (κ2) is 47.8. The van der Waals surface area contributed by atoms with E-state index in [2.05, 4.69) is 31.3 Å². The van der Waals surface area contributed by atoms with Gasteiger partial charge in [0.1, 0.15) is 36.6 Å². The minimum absolute atomic E-state index is 0.264. The van der Waals surface area contributed by atoms with E-state index in [0.29, 0.717) is 19.3 Å². The minimum Gasteiger partial charge on any atom is -0.394 e. The molecule has 1 aliphatic rings. The lowest BCUT2D eigenvalue weighted by atomic mass is 9.98. The summed E-state index contributed by atoms with van der Waals surface area (Å²) in [6.07, 6.45) is 44.7. The zero-order valence-corrected chi connectivity index (χ0v) is 44.8. The number of hydrogen-bond donors (Lipinski definition) is 8. The van der Waals surface area contributed by atoms with Gasteiger partial charge in [0.2, 0.25) is 5.91 Å². The van der Waals surface area contributed by atoms with Crippen LogP contribution in [0.2, 0.25) is 0 Å². The predicted molar refractivity (Wildman–Crippen MR) is 284 cm³/mol. The van der Waals surface area contributed by atoms with Crippen LogP contribution >= 0.6 is 0 Å². The van der Waals surface area contributed by atoms with Crippen LogP contribution in [0.3, 0.4) is 0 Å². The van der Waals surface area contributed by atoms with Crippen LogP contribution in [0.1, 0.15) is 284 Å². The van der Waals surface area contributed by atoms with E-state index < -0.39 is 74.2 Å². The monoisotopic (exact) mass is 984 g/mol. The van der Waals surface area contributed by atoms with Gasteiger partial charge in [-0.3, -0.25) is 4.79 Å². The Morgan fingerprint density at radius 1 is 0.493 bits per heavy atom. The maximum atomic E-state index is 13.1. The van der Waals surface area contributed by atoms with Crippen molar-refractivity contribution < 1.29 is 50.0 Å². The minimum atomic E-state index is -1.66. The number of allylic oxidation sites excluding steroid dienone is 2. The molecule has 0 aromatic carbocycles. The van der Waals surface area contributed by atoms with Crippen LogP contribution in [-0.2, 0) is 14.3 Å². The molecule has 0 radical (unpaired) electrons. The fourth-order valence-electron chi connectivity index (χ4n) is 9.73. The molecule has 1 saturated heterocycles. The Bertz CT molecular complexity index is 1130. The Morgan fingerprint density at radius 2 is 0.841 bits per heavy atom. The molecule has 0 spiro atoms. The third-order valence-electron chi connectivity index (χ3n) is 14.6. The van der Waals surface area contributed by atoms with E-state index >= 15 is 0 Å². The summed E-state index contributed by atoms with van der Waals surface area (Å²) in [5.41, 5.74) is 0. The summed E-state index contributed by atoms with van der Waals surface area (Å²) in [6, 6.07) is -1.16. The second-order valence-corrected chi connectivity index (χ2v) is 21.1. The molecule has 1 amide bonds. The van der Waals surface area contributed by atoms with Gasteiger partial charge >= 0.3 is 0 Å². The smallest absolute Gasteiger partial charge is 0.249 e. The molecule has 8 N–H and O–H groups in total. The molecular formula is C58H113NO10. The molecule has 9 unspecified atom stereocenters. The molecule has 1 aliphatic heterocycles. The van der Waals surface area contributed by atoms with Crippen LogP contribution in [0.15, 0.2) is 12.2 Å². The van der Waals surface area contributed by atoms with Gasteiger partial charge in [-0.1, -0.05) is 257 Å². The van der Waals surface area contributed by atoms with Crippen LogP contribution in [0, 0.1) is 0 Å². The summed E-state index contributed by atoms with van der Waals surface area (Å²) < 4.78 is 11.1. The number of aliphatic hydroxyl groups excluding tert-OH is 7. The molecule has 11 heteroatoms. The number of rotatable bonds is 51. The van der Waals surface area contributed by atoms with Gasteiger partial charge in [-0.15, -0.1) is 0 Å². The van der Waals surface area contributed by atoms with Crippen molar-refractivity contribution in [3.63, 3.8) is 0 Å². The standard InChI is InChI=1S/C58H113NO10/c1-3-5-7-9-11-13-14-15-16-17-18-19-20-21-22-23-24-25-26-27-28-29-30-31-32-33-34-35-36-37-38-40-42-44-46-51(62)57(67)59-49(48-68-58-56(66)55(65)54(64)52(47-60)69-58)53(63)50(61)45-43-41-39-12-10-8-6-4-2/h23-24,49-56,58,60-66H,3-22,25-48H2,1-2H3,(H,59,67)/b24-23-. The van der Waals surface area contributed by atoms with Crippen molar-refractivity contribution in [1.82, 2.24) is 5.32 Å². The molecule has 0 saturated carbocycles. The first kappa shape index (κ1) is 65.9. The highest BCUT2D eigenvalue weighted by atomic mass is 16.7. The molecule has 1 fully saturated rings. The molecule has 1 heterocycles.